The number of rotatable bonds is 8. The van der Waals surface area contributed by atoms with Crippen molar-refractivity contribution in [3.05, 3.63) is 40.4 Å². The molecule has 0 spiro atoms. The van der Waals surface area contributed by atoms with Crippen LogP contribution in [-0.4, -0.2) is 30.9 Å². The Balaban J connectivity index is 1.91. The first kappa shape index (κ1) is 17.9. The number of carbonyl (C=O) groups excluding carboxylic acids is 1. The molecule has 0 fully saturated rings. The molecule has 24 heavy (non-hydrogen) atoms. The van der Waals surface area contributed by atoms with Gasteiger partial charge in [0.25, 0.3) is 0 Å². The number of nitrogens with one attached hydrogen (secondary N) is 1. The van der Waals surface area contributed by atoms with Crippen LogP contribution in [0.15, 0.2) is 29.4 Å². The maximum atomic E-state index is 11.5. The normalized spacial score (nSPS) is 10.8. The quantitative estimate of drug-likeness (QED) is 0.340. The zero-order chi connectivity index (χ0) is 17.4. The van der Waals surface area contributed by atoms with E-state index in [2.05, 4.69) is 22.4 Å². The number of benzene rings is 1. The van der Waals surface area contributed by atoms with Crippen LogP contribution in [0.2, 0.25) is 0 Å². The van der Waals surface area contributed by atoms with E-state index in [1.807, 2.05) is 24.3 Å². The van der Waals surface area contributed by atoms with E-state index >= 15 is 0 Å². The van der Waals surface area contributed by atoms with E-state index in [1.54, 1.807) is 13.1 Å². The summed E-state index contributed by atoms with van der Waals surface area (Å²) in [6.07, 6.45) is 3.85. The molecule has 1 heterocycles. The zero-order valence-electron chi connectivity index (χ0n) is 14.0. The molecule has 0 bridgehead atoms. The first-order valence-electron chi connectivity index (χ1n) is 7.71. The van der Waals surface area contributed by atoms with Crippen LogP contribution in [0.3, 0.4) is 0 Å². The van der Waals surface area contributed by atoms with Gasteiger partial charge in [0, 0.05) is 0 Å². The highest BCUT2D eigenvalue weighted by Gasteiger charge is 2.15. The van der Waals surface area contributed by atoms with Gasteiger partial charge in [-0.2, -0.15) is 5.10 Å². The Hall–Kier alpha value is -2.41. The minimum Gasteiger partial charge on any atom is -0.494 e. The molecule has 0 saturated heterocycles. The predicted octanol–water partition coefficient (Wildman–Crippen LogP) is 3.86. The van der Waals surface area contributed by atoms with Crippen molar-refractivity contribution >= 4 is 28.7 Å². The van der Waals surface area contributed by atoms with Gasteiger partial charge in [-0.1, -0.05) is 24.7 Å². The molecule has 2 rings (SSSR count). The number of aromatic nitrogens is 1. The highest BCUT2D eigenvalue weighted by molar-refractivity contribution is 7.17. The molecule has 0 aliphatic carbocycles. The summed E-state index contributed by atoms with van der Waals surface area (Å²) < 4.78 is 10.3. The molecule has 1 aromatic heterocycles. The molecule has 1 aromatic carbocycles. The number of aryl methyl sites for hydroxylation is 1. The molecule has 0 unspecified atom stereocenters. The van der Waals surface area contributed by atoms with Gasteiger partial charge in [-0.25, -0.2) is 9.78 Å². The monoisotopic (exact) mass is 347 g/mol. The van der Waals surface area contributed by atoms with E-state index in [0.29, 0.717) is 15.7 Å². The molecule has 0 atom stereocenters. The number of anilines is 1. The van der Waals surface area contributed by atoms with E-state index in [9.17, 15) is 4.79 Å². The van der Waals surface area contributed by atoms with Crippen molar-refractivity contribution in [2.75, 3.05) is 19.1 Å². The average Bonchev–Trinajstić information content (AvgIpc) is 2.96. The van der Waals surface area contributed by atoms with Crippen LogP contribution >= 0.6 is 11.3 Å². The summed E-state index contributed by atoms with van der Waals surface area (Å²) in [5.74, 6) is 0.465. The Morgan fingerprint density at radius 3 is 2.79 bits per heavy atom. The van der Waals surface area contributed by atoms with Crippen LogP contribution in [-0.2, 0) is 4.74 Å². The van der Waals surface area contributed by atoms with E-state index in [0.717, 1.165) is 30.8 Å². The smallest absolute Gasteiger partial charge is 0.350 e. The third kappa shape index (κ3) is 5.06. The third-order valence-electron chi connectivity index (χ3n) is 3.19. The van der Waals surface area contributed by atoms with Crippen molar-refractivity contribution in [1.82, 2.24) is 4.98 Å². The maximum absolute atomic E-state index is 11.5. The van der Waals surface area contributed by atoms with Crippen molar-refractivity contribution in [3.63, 3.8) is 0 Å². The van der Waals surface area contributed by atoms with Crippen molar-refractivity contribution in [3.8, 4) is 5.75 Å². The molecule has 0 saturated carbocycles. The Morgan fingerprint density at radius 2 is 2.12 bits per heavy atom. The lowest BCUT2D eigenvalue weighted by Gasteiger charge is -2.04. The van der Waals surface area contributed by atoms with E-state index < -0.39 is 0 Å². The number of hydrogen-bond acceptors (Lipinski definition) is 7. The van der Waals surface area contributed by atoms with Gasteiger partial charge in [-0.05, 0) is 43.2 Å². The van der Waals surface area contributed by atoms with Crippen LogP contribution in [0.25, 0.3) is 0 Å². The number of esters is 1. The lowest BCUT2D eigenvalue weighted by Crippen LogP contribution is -1.99. The summed E-state index contributed by atoms with van der Waals surface area (Å²) in [6, 6.07) is 7.69. The highest BCUT2D eigenvalue weighted by atomic mass is 32.1. The molecule has 6 nitrogen and oxygen atoms in total. The predicted molar refractivity (Wildman–Crippen MR) is 96.3 cm³/mol. The molecule has 0 aliphatic rings. The lowest BCUT2D eigenvalue weighted by atomic mass is 10.2. The SMILES string of the molecule is CCCCOc1ccc(/C=N/Nc2nc(C)c(C(=O)OC)s2)cc1. The number of unbranched alkanes of at least 4 members (excludes halogenated alkanes) is 1. The van der Waals surface area contributed by atoms with Crippen LogP contribution in [0, 0.1) is 6.92 Å². The average molecular weight is 347 g/mol. The fourth-order valence-corrected chi connectivity index (χ4v) is 2.71. The number of ether oxygens (including phenoxy) is 2. The molecular formula is C17H21N3O3S. The fourth-order valence-electron chi connectivity index (χ4n) is 1.87. The molecule has 0 amide bonds. The van der Waals surface area contributed by atoms with Crippen molar-refractivity contribution in [2.24, 2.45) is 5.10 Å². The first-order chi connectivity index (χ1) is 11.6. The lowest BCUT2D eigenvalue weighted by molar-refractivity contribution is 0.0605. The third-order valence-corrected chi connectivity index (χ3v) is 4.23. The summed E-state index contributed by atoms with van der Waals surface area (Å²) in [6.45, 7) is 4.63. The number of hydrazone groups is 1. The van der Waals surface area contributed by atoms with E-state index in [-0.39, 0.29) is 5.97 Å². The van der Waals surface area contributed by atoms with Crippen molar-refractivity contribution in [2.45, 2.75) is 26.7 Å². The van der Waals surface area contributed by atoms with Crippen LogP contribution in [0.5, 0.6) is 5.75 Å². The van der Waals surface area contributed by atoms with E-state index in [4.69, 9.17) is 9.47 Å². The highest BCUT2D eigenvalue weighted by Crippen LogP contribution is 2.23. The van der Waals surface area contributed by atoms with E-state index in [1.165, 1.54) is 18.4 Å². The Kier molecular flexibility index (Phi) is 6.74. The maximum Gasteiger partial charge on any atom is 0.350 e. The van der Waals surface area contributed by atoms with Gasteiger partial charge in [0.05, 0.1) is 25.6 Å². The van der Waals surface area contributed by atoms with Gasteiger partial charge in [0.1, 0.15) is 10.6 Å². The summed E-state index contributed by atoms with van der Waals surface area (Å²) in [5, 5.41) is 4.68. The second kappa shape index (κ2) is 9.02. The minimum absolute atomic E-state index is 0.388. The van der Waals surface area contributed by atoms with Crippen LogP contribution in [0.1, 0.15) is 40.7 Å². The van der Waals surface area contributed by atoms with Crippen LogP contribution < -0.4 is 10.2 Å². The first-order valence-corrected chi connectivity index (χ1v) is 8.53. The molecule has 0 radical (unpaired) electrons. The molecule has 7 heteroatoms. The second-order valence-electron chi connectivity index (χ2n) is 5.07. The molecule has 2 aromatic rings. The Labute approximate surface area is 145 Å². The van der Waals surface area contributed by atoms with Gasteiger partial charge in [0.2, 0.25) is 5.13 Å². The fraction of sp³-hybridized carbons (Fsp3) is 0.353. The molecule has 1 N–H and O–H groups in total. The summed E-state index contributed by atoms with van der Waals surface area (Å²) in [7, 11) is 1.35. The Morgan fingerprint density at radius 1 is 1.38 bits per heavy atom. The summed E-state index contributed by atoms with van der Waals surface area (Å²) >= 11 is 1.21. The topological polar surface area (TPSA) is 72.8 Å². The summed E-state index contributed by atoms with van der Waals surface area (Å²) in [5.41, 5.74) is 4.39. The van der Waals surface area contributed by atoms with Gasteiger partial charge in [0.15, 0.2) is 0 Å². The number of thiazole rings is 1. The zero-order valence-corrected chi connectivity index (χ0v) is 14.9. The molecular weight excluding hydrogens is 326 g/mol. The number of carbonyl (C=O) groups is 1. The standard InChI is InChI=1S/C17H21N3O3S/c1-4-5-10-23-14-8-6-13(7-9-14)11-18-20-17-19-12(2)15(24-17)16(21)22-3/h6-9,11H,4-5,10H2,1-3H3,(H,19,20)/b18-11+. The number of methoxy groups -OCH3 is 1. The second-order valence-corrected chi connectivity index (χ2v) is 6.07. The van der Waals surface area contributed by atoms with Gasteiger partial charge < -0.3 is 9.47 Å². The Bertz CT molecular complexity index is 696. The summed E-state index contributed by atoms with van der Waals surface area (Å²) in [4.78, 5) is 16.3. The van der Waals surface area contributed by atoms with Crippen molar-refractivity contribution < 1.29 is 14.3 Å². The number of nitrogens with zero attached hydrogens (tertiary/aromatic N) is 2. The van der Waals surface area contributed by atoms with Crippen molar-refractivity contribution in [1.29, 1.82) is 0 Å². The van der Waals surface area contributed by atoms with Gasteiger partial charge in [-0.3, -0.25) is 5.43 Å². The van der Waals surface area contributed by atoms with Gasteiger partial charge >= 0.3 is 5.97 Å². The minimum atomic E-state index is -0.388. The molecule has 0 aliphatic heterocycles. The molecule has 128 valence electrons. The van der Waals surface area contributed by atoms with Gasteiger partial charge in [-0.15, -0.1) is 0 Å². The largest absolute Gasteiger partial charge is 0.494 e. The van der Waals surface area contributed by atoms with Crippen LogP contribution in [0.4, 0.5) is 5.13 Å². The number of hydrogen-bond donors (Lipinski definition) is 1.